The molecule has 4 heteroatoms. The molecule has 1 rings (SSSR count). The lowest BCUT2D eigenvalue weighted by molar-refractivity contribution is 0.291. The molecule has 0 amide bonds. The molecule has 0 aromatic rings. The molecule has 1 aliphatic heterocycles. The van der Waals surface area contributed by atoms with Crippen LogP contribution in [0.2, 0.25) is 0 Å². The maximum absolute atomic E-state index is 5.50. The summed E-state index contributed by atoms with van der Waals surface area (Å²) >= 11 is 4.88. The molecule has 64 valence electrons. The molecular formula is C7H15N3S. The minimum Gasteiger partial charge on any atom is -0.376 e. The van der Waals surface area contributed by atoms with Crippen molar-refractivity contribution in [2.45, 2.75) is 18.9 Å². The highest BCUT2D eigenvalue weighted by atomic mass is 32.1. The van der Waals surface area contributed by atoms with Crippen molar-refractivity contribution in [1.29, 1.82) is 0 Å². The molecule has 11 heavy (non-hydrogen) atoms. The van der Waals surface area contributed by atoms with Crippen LogP contribution < -0.4 is 11.1 Å². The highest BCUT2D eigenvalue weighted by Crippen LogP contribution is 2.08. The first-order valence-corrected chi connectivity index (χ1v) is 4.35. The van der Waals surface area contributed by atoms with E-state index in [0.717, 1.165) is 25.9 Å². The Bertz CT molecular complexity index is 143. The second-order valence-corrected chi connectivity index (χ2v) is 3.35. The van der Waals surface area contributed by atoms with Crippen molar-refractivity contribution in [2.24, 2.45) is 5.73 Å². The average molecular weight is 173 g/mol. The summed E-state index contributed by atoms with van der Waals surface area (Å²) < 4.78 is 0. The number of hydrogen-bond acceptors (Lipinski definition) is 2. The van der Waals surface area contributed by atoms with Gasteiger partial charge < -0.3 is 16.0 Å². The normalized spacial score (nSPS) is 19.7. The lowest BCUT2D eigenvalue weighted by Crippen LogP contribution is -2.45. The molecule has 0 aromatic carbocycles. The minimum absolute atomic E-state index is 0.511. The maximum atomic E-state index is 5.50. The number of nitrogens with zero attached hydrogens (tertiary/aromatic N) is 1. The molecule has 0 unspecified atom stereocenters. The van der Waals surface area contributed by atoms with E-state index in [2.05, 4.69) is 5.32 Å². The van der Waals surface area contributed by atoms with E-state index < -0.39 is 0 Å². The Morgan fingerprint density at radius 3 is 2.55 bits per heavy atom. The molecule has 0 radical (unpaired) electrons. The van der Waals surface area contributed by atoms with Crippen molar-refractivity contribution >= 4 is 17.3 Å². The summed E-state index contributed by atoms with van der Waals surface area (Å²) in [6.07, 6.45) is 2.29. The van der Waals surface area contributed by atoms with Crippen LogP contribution in [-0.4, -0.2) is 36.2 Å². The lowest BCUT2D eigenvalue weighted by atomic mass is 10.1. The largest absolute Gasteiger partial charge is 0.376 e. The average Bonchev–Trinajstić information content (AvgIpc) is 2.05. The van der Waals surface area contributed by atoms with Crippen LogP contribution in [0.1, 0.15) is 12.8 Å². The van der Waals surface area contributed by atoms with Gasteiger partial charge in [-0.3, -0.25) is 0 Å². The molecule has 0 atom stereocenters. The first-order chi connectivity index (χ1) is 5.22. The van der Waals surface area contributed by atoms with Crippen LogP contribution in [0.4, 0.5) is 0 Å². The third-order valence-electron chi connectivity index (χ3n) is 2.20. The van der Waals surface area contributed by atoms with Crippen molar-refractivity contribution < 1.29 is 0 Å². The Hall–Kier alpha value is -0.350. The quantitative estimate of drug-likeness (QED) is 0.544. The van der Waals surface area contributed by atoms with Crippen LogP contribution in [0.15, 0.2) is 0 Å². The zero-order chi connectivity index (χ0) is 8.27. The van der Waals surface area contributed by atoms with E-state index in [4.69, 9.17) is 18.0 Å². The SMILES string of the molecule is CN(C(N)=S)C1CCNCC1. The van der Waals surface area contributed by atoms with Gasteiger partial charge in [-0.15, -0.1) is 0 Å². The van der Waals surface area contributed by atoms with Gasteiger partial charge in [0.1, 0.15) is 0 Å². The summed E-state index contributed by atoms with van der Waals surface area (Å²) in [4.78, 5) is 2.00. The molecule has 0 bridgehead atoms. The summed E-state index contributed by atoms with van der Waals surface area (Å²) in [5.74, 6) is 0. The molecular weight excluding hydrogens is 158 g/mol. The topological polar surface area (TPSA) is 41.3 Å². The molecule has 3 nitrogen and oxygen atoms in total. The summed E-state index contributed by atoms with van der Waals surface area (Å²) in [5.41, 5.74) is 5.50. The Kier molecular flexibility index (Phi) is 3.08. The van der Waals surface area contributed by atoms with Crippen molar-refractivity contribution in [3.63, 3.8) is 0 Å². The molecule has 1 aliphatic rings. The summed E-state index contributed by atoms with van der Waals surface area (Å²) in [6.45, 7) is 2.16. The minimum atomic E-state index is 0.511. The Labute approximate surface area is 72.9 Å². The van der Waals surface area contributed by atoms with Crippen molar-refractivity contribution in [2.75, 3.05) is 20.1 Å². The highest BCUT2D eigenvalue weighted by Gasteiger charge is 2.17. The van der Waals surface area contributed by atoms with E-state index in [1.54, 1.807) is 0 Å². The fourth-order valence-corrected chi connectivity index (χ4v) is 1.52. The van der Waals surface area contributed by atoms with Gasteiger partial charge in [-0.1, -0.05) is 0 Å². The van der Waals surface area contributed by atoms with Crippen molar-refractivity contribution in [3.8, 4) is 0 Å². The van der Waals surface area contributed by atoms with E-state index in [0.29, 0.717) is 11.2 Å². The van der Waals surface area contributed by atoms with Gasteiger partial charge in [0.05, 0.1) is 0 Å². The predicted molar refractivity (Wildman–Crippen MR) is 50.4 cm³/mol. The lowest BCUT2D eigenvalue weighted by Gasteiger charge is -2.31. The third kappa shape index (κ3) is 2.31. The van der Waals surface area contributed by atoms with Crippen LogP contribution in [0.3, 0.4) is 0 Å². The third-order valence-corrected chi connectivity index (χ3v) is 2.49. The zero-order valence-corrected chi connectivity index (χ0v) is 7.66. The Morgan fingerprint density at radius 1 is 1.55 bits per heavy atom. The van der Waals surface area contributed by atoms with Gasteiger partial charge in [-0.25, -0.2) is 0 Å². The number of thiocarbonyl (C=S) groups is 1. The number of hydrogen-bond donors (Lipinski definition) is 2. The predicted octanol–water partition coefficient (Wildman–Crippen LogP) is -0.0862. The van der Waals surface area contributed by atoms with Crippen LogP contribution in [0.25, 0.3) is 0 Å². The van der Waals surface area contributed by atoms with E-state index in [1.165, 1.54) is 0 Å². The molecule has 0 saturated carbocycles. The molecule has 1 heterocycles. The smallest absolute Gasteiger partial charge is 0.166 e. The van der Waals surface area contributed by atoms with Crippen molar-refractivity contribution in [3.05, 3.63) is 0 Å². The summed E-state index contributed by atoms with van der Waals surface area (Å²) in [6, 6.07) is 0.550. The first-order valence-electron chi connectivity index (χ1n) is 3.95. The van der Waals surface area contributed by atoms with Crippen molar-refractivity contribution in [1.82, 2.24) is 10.2 Å². The van der Waals surface area contributed by atoms with E-state index in [-0.39, 0.29) is 0 Å². The fraction of sp³-hybridized carbons (Fsp3) is 0.857. The number of nitrogens with one attached hydrogen (secondary N) is 1. The molecule has 1 fully saturated rings. The summed E-state index contributed by atoms with van der Waals surface area (Å²) in [5, 5.41) is 3.81. The second kappa shape index (κ2) is 3.88. The number of nitrogens with two attached hydrogens (primary N) is 1. The van der Waals surface area contributed by atoms with Crippen LogP contribution in [0, 0.1) is 0 Å². The molecule has 1 saturated heterocycles. The monoisotopic (exact) mass is 173 g/mol. The Morgan fingerprint density at radius 2 is 2.09 bits per heavy atom. The van der Waals surface area contributed by atoms with Gasteiger partial charge in [-0.05, 0) is 38.1 Å². The molecule has 0 aromatic heterocycles. The number of piperidine rings is 1. The molecule has 0 spiro atoms. The van der Waals surface area contributed by atoms with Gasteiger partial charge in [0.25, 0.3) is 0 Å². The fourth-order valence-electron chi connectivity index (χ4n) is 1.37. The van der Waals surface area contributed by atoms with Crippen LogP contribution in [0.5, 0.6) is 0 Å². The van der Waals surface area contributed by atoms with Crippen LogP contribution >= 0.6 is 12.2 Å². The molecule has 0 aliphatic carbocycles. The standard InChI is InChI=1S/C7H15N3S/c1-10(7(8)11)6-2-4-9-5-3-6/h6,9H,2-5H2,1H3,(H2,8,11). The van der Waals surface area contributed by atoms with Gasteiger partial charge in [0.15, 0.2) is 5.11 Å². The highest BCUT2D eigenvalue weighted by molar-refractivity contribution is 7.80. The maximum Gasteiger partial charge on any atom is 0.166 e. The van der Waals surface area contributed by atoms with Gasteiger partial charge in [-0.2, -0.15) is 0 Å². The van der Waals surface area contributed by atoms with E-state index >= 15 is 0 Å². The Balaban J connectivity index is 2.38. The summed E-state index contributed by atoms with van der Waals surface area (Å²) in [7, 11) is 1.97. The second-order valence-electron chi connectivity index (χ2n) is 2.93. The first kappa shape index (κ1) is 8.74. The van der Waals surface area contributed by atoms with Gasteiger partial charge in [0.2, 0.25) is 0 Å². The van der Waals surface area contributed by atoms with Gasteiger partial charge >= 0.3 is 0 Å². The van der Waals surface area contributed by atoms with Gasteiger partial charge in [0, 0.05) is 13.1 Å². The number of rotatable bonds is 1. The van der Waals surface area contributed by atoms with Crippen LogP contribution in [-0.2, 0) is 0 Å². The van der Waals surface area contributed by atoms with E-state index in [1.807, 2.05) is 11.9 Å². The van der Waals surface area contributed by atoms with E-state index in [9.17, 15) is 0 Å². The molecule has 3 N–H and O–H groups in total. The zero-order valence-electron chi connectivity index (χ0n) is 6.84.